The molecule has 8 N–H and O–H groups in total. The highest BCUT2D eigenvalue weighted by atomic mass is 19.2. The molecule has 8 amide bonds. The summed E-state index contributed by atoms with van der Waals surface area (Å²) in [6.45, 7) is 13.0. The van der Waals surface area contributed by atoms with Crippen LogP contribution in [-0.2, 0) is 172 Å². The number of hydrogen-bond acceptors (Lipinski definition) is 37. The smallest absolute Gasteiger partial charge is 0.311 e. The summed E-state index contributed by atoms with van der Waals surface area (Å²) in [6.07, 6.45) is -11.9. The predicted octanol–water partition coefficient (Wildman–Crippen LogP) is 3.64. The molecule has 1 aromatic rings. The van der Waals surface area contributed by atoms with Crippen LogP contribution >= 0.6 is 0 Å². The zero-order chi connectivity index (χ0) is 105. The summed E-state index contributed by atoms with van der Waals surface area (Å²) in [6, 6.07) is -3.52. The molecule has 0 bridgehead atoms. The largest absolute Gasteiger partial charge is 0.463 e. The molecule has 3 heterocycles. The van der Waals surface area contributed by atoms with Crippen molar-refractivity contribution in [1.29, 1.82) is 0 Å². The van der Waals surface area contributed by atoms with E-state index >= 15 is 0 Å². The summed E-state index contributed by atoms with van der Waals surface area (Å²) in [4.78, 5) is 226. The predicted molar refractivity (Wildman–Crippen MR) is 476 cm³/mol. The zero-order valence-corrected chi connectivity index (χ0v) is 82.1. The number of nitrogens with one attached hydrogen (secondary N) is 8. The SMILES string of the molecule is CC(=O)N[C@H]1[C@H](OCCCCCCNC(=O)CCOC2[C@H](OCCC(=O)NCCCCCCO[C@@H]3O[C@H](COC(C)=O)[C@H](OC(C)=O)[C@H](OC(C)=O)[C@H]3NC(C)=O)CC(C(=O)NCCCCCCNC(=O)CCC(=O)Oc3c(F)c(F)c(F)c(F)c3F)C[C@H]2OCCC(=O)NCCCCCCO[C@@H]2O[C@H](COC(C)=O)[C@H](OC(C)=O)[C@H](OC(C)=O)[C@H]2NC(C)=O)O[C@H](COC(C)=O)[C@H](OC(C)=O)[C@@H]1OC(C)=O. The summed E-state index contributed by atoms with van der Waals surface area (Å²) >= 11 is 0. The highest BCUT2D eigenvalue weighted by Crippen LogP contribution is 2.36. The van der Waals surface area contributed by atoms with E-state index in [9.17, 15) is 108 Å². The minimum atomic E-state index is -2.46. The number of hydrogen-bond donors (Lipinski definition) is 8. The van der Waals surface area contributed by atoms with Crippen LogP contribution in [0, 0.1) is 35.0 Å². The Balaban J connectivity index is 1.26. The van der Waals surface area contributed by atoms with Crippen molar-refractivity contribution >= 4 is 107 Å². The standard InChI is InChI=1S/C92H137F5N8O37/c1-50(106)103-78-86(136-59(10)115)82(133-56(7)112)65(47-130-53(4)109)139-90(78)127-39-26-18-15-22-35-99-69(119)31-42-124-63-45-62(89(123)102-38-25-14-13-21-34-98-68(118)29-30-72(122)142-85-76(96)74(94)73(93)75(95)77(85)97)46-64(125-43-32-70(120)100-36-23-16-19-27-40-128-91-79(104-51(2)107)87(137-60(11)116)83(134-57(8)113)66(140-91)48-131-54(5)110)81(63)126-44-33-71(121)101-37-24-17-20-28-41-129-92-80(105-52(3)108)88(138-61(12)117)84(135-58(9)114)67(141-92)49-132-55(6)111/h62-67,78-84,86-88,90-92H,13-49H2,1-12H3,(H,98,118)(H,99,119)(H,100,120)(H,101,121)(H,102,123)(H,103,106)(H,104,107)(H,105,108)/t62?,63-,64-,65-,66-,67-,78-,79-,80-,81?,82+,83+,84+,86-,87-,88-,90-,91-,92-/m1/s1. The lowest BCUT2D eigenvalue weighted by Crippen LogP contribution is -2.66. The van der Waals surface area contributed by atoms with Gasteiger partial charge in [0.2, 0.25) is 82.1 Å². The Bertz CT molecular complexity index is 4150. The first-order valence-electron chi connectivity index (χ1n) is 47.4. The lowest BCUT2D eigenvalue weighted by molar-refractivity contribution is -0.277. The molecule has 0 unspecified atom stereocenters. The van der Waals surface area contributed by atoms with Gasteiger partial charge in [0.1, 0.15) is 62.4 Å². The van der Waals surface area contributed by atoms with Crippen molar-refractivity contribution in [2.45, 2.75) is 341 Å². The first kappa shape index (κ1) is 121. The molecule has 1 saturated carbocycles. The fourth-order valence-corrected chi connectivity index (χ4v) is 15.7. The van der Waals surface area contributed by atoms with E-state index in [1.165, 1.54) is 20.8 Å². The van der Waals surface area contributed by atoms with Crippen LogP contribution < -0.4 is 47.3 Å². The van der Waals surface area contributed by atoms with Gasteiger partial charge in [0.25, 0.3) is 0 Å². The van der Waals surface area contributed by atoms with Crippen LogP contribution in [0.5, 0.6) is 5.75 Å². The number of ether oxygens (including phenoxy) is 19. The Hall–Kier alpha value is -11.0. The van der Waals surface area contributed by atoms with E-state index in [0.29, 0.717) is 103 Å². The second kappa shape index (κ2) is 65.3. The van der Waals surface area contributed by atoms with Crippen LogP contribution in [-0.4, -0.2) is 309 Å². The molecule has 4 fully saturated rings. The van der Waals surface area contributed by atoms with Crippen LogP contribution in [0.15, 0.2) is 0 Å². The average molecular weight is 2040 g/mol. The Morgan fingerprint density at radius 1 is 0.282 bits per heavy atom. The van der Waals surface area contributed by atoms with Gasteiger partial charge in [-0.25, -0.2) is 13.2 Å². The molecule has 0 spiro atoms. The molecule has 50 heteroatoms. The van der Waals surface area contributed by atoms with Gasteiger partial charge in [-0.05, 0) is 64.2 Å². The van der Waals surface area contributed by atoms with Gasteiger partial charge in [-0.2, -0.15) is 8.78 Å². The minimum Gasteiger partial charge on any atom is -0.463 e. The molecule has 17 atom stereocenters. The van der Waals surface area contributed by atoms with Gasteiger partial charge in [0.15, 0.2) is 55.5 Å². The van der Waals surface area contributed by atoms with E-state index < -0.39 is 291 Å². The summed E-state index contributed by atoms with van der Waals surface area (Å²) in [5.74, 6) is -26.6. The lowest BCUT2D eigenvalue weighted by atomic mass is 9.82. The van der Waals surface area contributed by atoms with Crippen LogP contribution in [0.2, 0.25) is 0 Å². The summed E-state index contributed by atoms with van der Waals surface area (Å²) in [5.41, 5.74) is 0. The fourth-order valence-electron chi connectivity index (χ4n) is 15.7. The molecular weight excluding hydrogens is 1900 g/mol. The van der Waals surface area contributed by atoms with Crippen molar-refractivity contribution in [3.05, 3.63) is 29.1 Å². The highest BCUT2D eigenvalue weighted by molar-refractivity contribution is 5.83. The summed E-state index contributed by atoms with van der Waals surface area (Å²) in [5, 5.41) is 22.1. The van der Waals surface area contributed by atoms with Crippen molar-refractivity contribution in [3.63, 3.8) is 0 Å². The molecule has 0 aromatic heterocycles. The van der Waals surface area contributed by atoms with E-state index in [1.807, 2.05) is 0 Å². The molecular formula is C92H137F5N8O37. The van der Waals surface area contributed by atoms with Crippen molar-refractivity contribution in [2.75, 3.05) is 92.2 Å². The van der Waals surface area contributed by atoms with Crippen molar-refractivity contribution in [3.8, 4) is 5.75 Å². The van der Waals surface area contributed by atoms with E-state index in [1.54, 1.807) is 0 Å². The molecule has 1 aliphatic carbocycles. The molecule has 3 saturated heterocycles. The number of halogens is 5. The van der Waals surface area contributed by atoms with E-state index in [-0.39, 0.29) is 104 Å². The first-order valence-corrected chi connectivity index (χ1v) is 47.4. The molecule has 4 aliphatic rings. The summed E-state index contributed by atoms with van der Waals surface area (Å²) < 4.78 is 178. The maximum atomic E-state index is 14.4. The van der Waals surface area contributed by atoms with Gasteiger partial charge in [0, 0.05) is 167 Å². The highest BCUT2D eigenvalue weighted by Gasteiger charge is 2.55. The van der Waals surface area contributed by atoms with Crippen molar-refractivity contribution < 1.29 is 198 Å². The normalized spacial score (nSPS) is 23.4. The third-order valence-corrected chi connectivity index (χ3v) is 22.0. The van der Waals surface area contributed by atoms with Gasteiger partial charge in [-0.3, -0.25) is 86.3 Å². The van der Waals surface area contributed by atoms with Crippen molar-refractivity contribution in [1.82, 2.24) is 42.5 Å². The number of rotatable bonds is 63. The molecule has 45 nitrogen and oxygen atoms in total. The number of esters is 10. The zero-order valence-electron chi connectivity index (χ0n) is 82.1. The number of carbonyl (C=O) groups excluding carboxylic acids is 18. The van der Waals surface area contributed by atoms with Gasteiger partial charge in [-0.15, -0.1) is 0 Å². The fraction of sp³-hybridized carbons (Fsp3) is 0.739. The Morgan fingerprint density at radius 2 is 0.549 bits per heavy atom. The van der Waals surface area contributed by atoms with Gasteiger partial charge >= 0.3 is 59.7 Å². The van der Waals surface area contributed by atoms with E-state index in [4.69, 9.17) is 85.3 Å². The Morgan fingerprint density at radius 3 is 0.838 bits per heavy atom. The molecule has 5 rings (SSSR count). The third-order valence-electron chi connectivity index (χ3n) is 22.0. The average Bonchev–Trinajstić information content (AvgIpc) is 0.811. The van der Waals surface area contributed by atoms with Crippen LogP contribution in [0.3, 0.4) is 0 Å². The Kier molecular flexibility index (Phi) is 55.8. The number of carbonyl (C=O) groups is 18. The van der Waals surface area contributed by atoms with E-state index in [2.05, 4.69) is 47.3 Å². The first-order chi connectivity index (χ1) is 67.4. The van der Waals surface area contributed by atoms with Gasteiger partial charge in [-0.1, -0.05) is 51.4 Å². The van der Waals surface area contributed by atoms with Gasteiger partial charge in [0.05, 0.1) is 38.4 Å². The van der Waals surface area contributed by atoms with E-state index in [0.717, 1.165) is 62.3 Å². The second-order valence-corrected chi connectivity index (χ2v) is 34.1. The molecule has 3 aliphatic heterocycles. The van der Waals surface area contributed by atoms with Crippen LogP contribution in [0.1, 0.15) is 231 Å². The number of unbranched alkanes of at least 4 members (excludes halogenated alkanes) is 12. The maximum Gasteiger partial charge on any atom is 0.311 e. The molecule has 142 heavy (non-hydrogen) atoms. The molecule has 802 valence electrons. The Labute approximate surface area is 818 Å². The topological polar surface area (TPSA) is 579 Å². The number of benzene rings is 1. The lowest BCUT2D eigenvalue weighted by Gasteiger charge is -2.44. The third kappa shape index (κ3) is 45.7. The monoisotopic (exact) mass is 2040 g/mol. The quantitative estimate of drug-likeness (QED) is 0.00877. The van der Waals surface area contributed by atoms with Crippen LogP contribution in [0.25, 0.3) is 0 Å². The minimum absolute atomic E-state index is 0.0154. The second-order valence-electron chi connectivity index (χ2n) is 34.1. The maximum absolute atomic E-state index is 14.4. The molecule has 0 radical (unpaired) electrons. The summed E-state index contributed by atoms with van der Waals surface area (Å²) in [7, 11) is 0. The van der Waals surface area contributed by atoms with Crippen molar-refractivity contribution in [2.24, 2.45) is 5.92 Å². The van der Waals surface area contributed by atoms with Crippen LogP contribution in [0.4, 0.5) is 22.0 Å². The van der Waals surface area contributed by atoms with Gasteiger partial charge < -0.3 is 133 Å². The molecule has 1 aromatic carbocycles. The number of amides is 8.